The molecular formula is C17H21N3. The number of para-hydroxylation sites is 1. The number of aryl methyl sites for hydroxylation is 1. The van der Waals surface area contributed by atoms with E-state index in [0.29, 0.717) is 0 Å². The van der Waals surface area contributed by atoms with Gasteiger partial charge in [-0.25, -0.2) is 4.98 Å². The minimum absolute atomic E-state index is 0.843. The highest BCUT2D eigenvalue weighted by molar-refractivity contribution is 5.78. The third kappa shape index (κ3) is 2.01. The Labute approximate surface area is 120 Å². The molecule has 20 heavy (non-hydrogen) atoms. The molecular weight excluding hydrogens is 246 g/mol. The number of imidazole rings is 1. The number of anilines is 1. The summed E-state index contributed by atoms with van der Waals surface area (Å²) in [5, 5.41) is 3.58. The van der Waals surface area contributed by atoms with Gasteiger partial charge >= 0.3 is 0 Å². The molecule has 2 aliphatic rings. The topological polar surface area (TPSA) is 29.9 Å². The fourth-order valence-corrected chi connectivity index (χ4v) is 3.32. The Morgan fingerprint density at radius 1 is 1.40 bits per heavy atom. The second-order valence-corrected chi connectivity index (χ2v) is 6.27. The zero-order valence-corrected chi connectivity index (χ0v) is 12.0. The molecule has 3 heteroatoms. The second kappa shape index (κ2) is 4.65. The molecule has 1 fully saturated rings. The van der Waals surface area contributed by atoms with E-state index in [9.17, 15) is 0 Å². The van der Waals surface area contributed by atoms with Crippen LogP contribution in [-0.2, 0) is 13.0 Å². The molecule has 0 bridgehead atoms. The number of rotatable bonds is 3. The van der Waals surface area contributed by atoms with Crippen LogP contribution in [0.15, 0.2) is 30.7 Å². The smallest absolute Gasteiger partial charge is 0.0951 e. The minimum Gasteiger partial charge on any atom is -0.384 e. The van der Waals surface area contributed by atoms with E-state index in [1.54, 1.807) is 0 Å². The molecule has 1 aromatic heterocycles. The first-order valence-corrected chi connectivity index (χ1v) is 7.69. The lowest BCUT2D eigenvalue weighted by atomic mass is 9.98. The second-order valence-electron chi connectivity index (χ2n) is 6.27. The van der Waals surface area contributed by atoms with Gasteiger partial charge in [-0.1, -0.05) is 25.1 Å². The van der Waals surface area contributed by atoms with Crippen LogP contribution in [0.4, 0.5) is 5.69 Å². The molecule has 1 aliphatic carbocycles. The molecule has 1 aliphatic heterocycles. The highest BCUT2D eigenvalue weighted by Gasteiger charge is 2.33. The number of hydrogen-bond donors (Lipinski definition) is 1. The highest BCUT2D eigenvalue weighted by Crippen LogP contribution is 2.40. The maximum Gasteiger partial charge on any atom is 0.0951 e. The van der Waals surface area contributed by atoms with Crippen LogP contribution in [0.2, 0.25) is 0 Å². The Balaban J connectivity index is 1.72. The van der Waals surface area contributed by atoms with Crippen molar-refractivity contribution in [3.8, 4) is 11.3 Å². The summed E-state index contributed by atoms with van der Waals surface area (Å²) in [6.45, 7) is 4.53. The van der Waals surface area contributed by atoms with E-state index in [-0.39, 0.29) is 0 Å². The lowest BCUT2D eigenvalue weighted by Crippen LogP contribution is -2.13. The first-order chi connectivity index (χ1) is 9.83. The summed E-state index contributed by atoms with van der Waals surface area (Å²) in [5.41, 5.74) is 5.34. The van der Waals surface area contributed by atoms with Gasteiger partial charge in [0.15, 0.2) is 0 Å². The van der Waals surface area contributed by atoms with Crippen molar-refractivity contribution >= 4 is 5.69 Å². The van der Waals surface area contributed by atoms with Gasteiger partial charge in [0.05, 0.1) is 18.2 Å². The Hall–Kier alpha value is -1.77. The van der Waals surface area contributed by atoms with Crippen LogP contribution in [0, 0.1) is 11.8 Å². The summed E-state index contributed by atoms with van der Waals surface area (Å²) in [4.78, 5) is 4.39. The van der Waals surface area contributed by atoms with Gasteiger partial charge in [0.2, 0.25) is 0 Å². The third-order valence-electron chi connectivity index (χ3n) is 4.77. The van der Waals surface area contributed by atoms with Gasteiger partial charge in [-0.05, 0) is 36.7 Å². The number of benzene rings is 1. The van der Waals surface area contributed by atoms with Crippen molar-refractivity contribution in [2.45, 2.75) is 32.7 Å². The number of nitrogens with zero attached hydrogens (tertiary/aromatic N) is 2. The molecule has 0 amide bonds. The van der Waals surface area contributed by atoms with Crippen molar-refractivity contribution in [2.75, 3.05) is 11.9 Å². The normalized spacial score (nSPS) is 24.1. The van der Waals surface area contributed by atoms with Gasteiger partial charge in [0.1, 0.15) is 0 Å². The lowest BCUT2D eigenvalue weighted by molar-refractivity contribution is 0.597. The summed E-state index contributed by atoms with van der Waals surface area (Å²) in [6.07, 6.45) is 7.78. The lowest BCUT2D eigenvalue weighted by Gasteiger charge is -2.21. The summed E-state index contributed by atoms with van der Waals surface area (Å²) in [6, 6.07) is 6.65. The Bertz CT molecular complexity index is 629. The SMILES string of the molecule is CC1CC1Cn1cncc1-c1cccc2c1NCCC2. The zero-order chi connectivity index (χ0) is 13.5. The Morgan fingerprint density at radius 3 is 3.15 bits per heavy atom. The van der Waals surface area contributed by atoms with Crippen molar-refractivity contribution in [1.82, 2.24) is 9.55 Å². The predicted octanol–water partition coefficient (Wildman–Crippen LogP) is 3.56. The number of nitrogens with one attached hydrogen (secondary N) is 1. The maximum absolute atomic E-state index is 4.39. The first kappa shape index (κ1) is 12.0. The Kier molecular flexibility index (Phi) is 2.79. The molecule has 1 aromatic carbocycles. The van der Waals surface area contributed by atoms with Crippen LogP contribution in [0.1, 0.15) is 25.3 Å². The average molecular weight is 267 g/mol. The van der Waals surface area contributed by atoms with E-state index in [0.717, 1.165) is 24.9 Å². The molecule has 4 rings (SSSR count). The van der Waals surface area contributed by atoms with Crippen LogP contribution >= 0.6 is 0 Å². The first-order valence-electron chi connectivity index (χ1n) is 7.69. The van der Waals surface area contributed by atoms with Crippen LogP contribution in [-0.4, -0.2) is 16.1 Å². The van der Waals surface area contributed by atoms with Gasteiger partial charge in [0.25, 0.3) is 0 Å². The van der Waals surface area contributed by atoms with Gasteiger partial charge < -0.3 is 9.88 Å². The highest BCUT2D eigenvalue weighted by atomic mass is 15.1. The van der Waals surface area contributed by atoms with Crippen molar-refractivity contribution < 1.29 is 0 Å². The summed E-state index contributed by atoms with van der Waals surface area (Å²) in [7, 11) is 0. The van der Waals surface area contributed by atoms with Crippen LogP contribution < -0.4 is 5.32 Å². The zero-order valence-electron chi connectivity index (χ0n) is 12.0. The van der Waals surface area contributed by atoms with Gasteiger partial charge in [0, 0.05) is 24.3 Å². The van der Waals surface area contributed by atoms with Crippen LogP contribution in [0.3, 0.4) is 0 Å². The molecule has 2 heterocycles. The van der Waals surface area contributed by atoms with Crippen LogP contribution in [0.25, 0.3) is 11.3 Å². The molecule has 2 atom stereocenters. The Morgan fingerprint density at radius 2 is 2.30 bits per heavy atom. The number of hydrogen-bond acceptors (Lipinski definition) is 2. The molecule has 1 N–H and O–H groups in total. The van der Waals surface area contributed by atoms with Gasteiger partial charge in [-0.2, -0.15) is 0 Å². The van der Waals surface area contributed by atoms with Gasteiger partial charge in [-0.3, -0.25) is 0 Å². The third-order valence-corrected chi connectivity index (χ3v) is 4.77. The molecule has 0 saturated heterocycles. The summed E-state index contributed by atoms with van der Waals surface area (Å²) >= 11 is 0. The predicted molar refractivity (Wildman–Crippen MR) is 81.7 cm³/mol. The maximum atomic E-state index is 4.39. The number of fused-ring (bicyclic) bond motifs is 1. The molecule has 0 radical (unpaired) electrons. The molecule has 2 aromatic rings. The average Bonchev–Trinajstić information content (AvgIpc) is 2.99. The molecule has 0 spiro atoms. The quantitative estimate of drug-likeness (QED) is 0.921. The molecule has 104 valence electrons. The van der Waals surface area contributed by atoms with Crippen LogP contribution in [0.5, 0.6) is 0 Å². The summed E-state index contributed by atoms with van der Waals surface area (Å²) in [5.74, 6) is 1.73. The van der Waals surface area contributed by atoms with Crippen molar-refractivity contribution in [3.05, 3.63) is 36.3 Å². The molecule has 1 saturated carbocycles. The van der Waals surface area contributed by atoms with E-state index < -0.39 is 0 Å². The van der Waals surface area contributed by atoms with Crippen molar-refractivity contribution in [3.63, 3.8) is 0 Å². The van der Waals surface area contributed by atoms with E-state index in [4.69, 9.17) is 0 Å². The fraction of sp³-hybridized carbons (Fsp3) is 0.471. The minimum atomic E-state index is 0.843. The molecule has 2 unspecified atom stereocenters. The largest absolute Gasteiger partial charge is 0.384 e. The van der Waals surface area contributed by atoms with E-state index in [2.05, 4.69) is 40.0 Å². The van der Waals surface area contributed by atoms with E-state index >= 15 is 0 Å². The van der Waals surface area contributed by atoms with E-state index in [1.807, 2.05) is 12.5 Å². The monoisotopic (exact) mass is 267 g/mol. The van der Waals surface area contributed by atoms with Crippen molar-refractivity contribution in [1.29, 1.82) is 0 Å². The van der Waals surface area contributed by atoms with Gasteiger partial charge in [-0.15, -0.1) is 0 Å². The standard InChI is InChI=1S/C17H21N3/c1-12-8-14(12)10-20-11-18-9-16(20)15-6-2-4-13-5-3-7-19-17(13)15/h2,4,6,9,11-12,14,19H,3,5,7-8,10H2,1H3. The van der Waals surface area contributed by atoms with E-state index in [1.165, 1.54) is 41.8 Å². The fourth-order valence-electron chi connectivity index (χ4n) is 3.32. The van der Waals surface area contributed by atoms with Crippen molar-refractivity contribution in [2.24, 2.45) is 11.8 Å². The molecule has 3 nitrogen and oxygen atoms in total. The number of aromatic nitrogens is 2. The summed E-state index contributed by atoms with van der Waals surface area (Å²) < 4.78 is 2.33.